The molecule has 128 valence electrons. The van der Waals surface area contributed by atoms with Crippen LogP contribution in [0.15, 0.2) is 18.7 Å². The van der Waals surface area contributed by atoms with E-state index in [1.54, 1.807) is 0 Å². The highest BCUT2D eigenvalue weighted by Gasteiger charge is 2.14. The van der Waals surface area contributed by atoms with Crippen LogP contribution in [0.2, 0.25) is 0 Å². The lowest BCUT2D eigenvalue weighted by atomic mass is 10.3. The Bertz CT molecular complexity index is 738. The Hall–Kier alpha value is -3.38. The Balaban J connectivity index is 1.67. The largest absolute Gasteiger partial charge is 0.490 e. The highest BCUT2D eigenvalue weighted by atomic mass is 16.6. The van der Waals surface area contributed by atoms with Crippen molar-refractivity contribution in [3.63, 3.8) is 0 Å². The summed E-state index contributed by atoms with van der Waals surface area (Å²) < 4.78 is 2.62. The molecule has 13 heteroatoms. The van der Waals surface area contributed by atoms with Crippen molar-refractivity contribution in [3.05, 3.63) is 38.9 Å². The maximum atomic E-state index is 11.7. The van der Waals surface area contributed by atoms with Gasteiger partial charge < -0.3 is 25.5 Å². The molecule has 0 aliphatic rings. The van der Waals surface area contributed by atoms with Crippen molar-refractivity contribution in [2.24, 2.45) is 0 Å². The SMILES string of the molecule is O=C(CCCn1ccnc1[N+](=O)[O-])NCCn1cnc([N+](=O)[O-])n1. The number of nitro groups is 2. The van der Waals surface area contributed by atoms with Crippen LogP contribution in [0.5, 0.6) is 0 Å². The van der Waals surface area contributed by atoms with Crippen LogP contribution in [0.4, 0.5) is 11.9 Å². The Morgan fingerprint density at radius 2 is 2.00 bits per heavy atom. The van der Waals surface area contributed by atoms with Crippen molar-refractivity contribution in [2.45, 2.75) is 25.9 Å². The van der Waals surface area contributed by atoms with E-state index in [2.05, 4.69) is 20.4 Å². The standard InChI is InChI=1S/C11H14N8O5/c20-9(2-1-5-16-6-3-13-11(16)19(23)24)12-4-7-17-8-14-10(15-17)18(21)22/h3,6,8H,1-2,4-5,7H2,(H,12,20). The summed E-state index contributed by atoms with van der Waals surface area (Å²) in [6.07, 6.45) is 4.62. The van der Waals surface area contributed by atoms with Crippen LogP contribution in [0.1, 0.15) is 12.8 Å². The molecule has 2 aromatic heterocycles. The van der Waals surface area contributed by atoms with Gasteiger partial charge in [-0.3, -0.25) is 4.79 Å². The third-order valence-electron chi connectivity index (χ3n) is 3.01. The van der Waals surface area contributed by atoms with Crippen molar-refractivity contribution >= 4 is 17.8 Å². The van der Waals surface area contributed by atoms with E-state index in [-0.39, 0.29) is 31.4 Å². The molecule has 0 atom stereocenters. The lowest BCUT2D eigenvalue weighted by Gasteiger charge is -2.04. The Morgan fingerprint density at radius 3 is 2.67 bits per heavy atom. The molecule has 0 aliphatic carbocycles. The first-order valence-corrected chi connectivity index (χ1v) is 6.93. The number of nitrogens with one attached hydrogen (secondary N) is 1. The molecule has 0 aliphatic heterocycles. The predicted molar refractivity (Wildman–Crippen MR) is 77.8 cm³/mol. The molecule has 2 rings (SSSR count). The van der Waals surface area contributed by atoms with Gasteiger partial charge in [0.15, 0.2) is 0 Å². The molecular formula is C11H14N8O5. The Labute approximate surface area is 134 Å². The van der Waals surface area contributed by atoms with Gasteiger partial charge in [0.05, 0.1) is 13.1 Å². The molecule has 0 saturated heterocycles. The van der Waals surface area contributed by atoms with Gasteiger partial charge in [-0.2, -0.15) is 4.68 Å². The average molecular weight is 338 g/mol. The molecule has 2 aromatic rings. The van der Waals surface area contributed by atoms with Crippen molar-refractivity contribution in [2.75, 3.05) is 6.54 Å². The molecule has 0 spiro atoms. The van der Waals surface area contributed by atoms with E-state index in [4.69, 9.17) is 0 Å². The second-order valence-electron chi connectivity index (χ2n) is 4.70. The molecule has 2 heterocycles. The molecule has 1 amide bonds. The number of hydrogen-bond donors (Lipinski definition) is 1. The fourth-order valence-electron chi connectivity index (χ4n) is 1.93. The molecule has 0 radical (unpaired) electrons. The highest BCUT2D eigenvalue weighted by Crippen LogP contribution is 2.08. The van der Waals surface area contributed by atoms with E-state index < -0.39 is 15.8 Å². The van der Waals surface area contributed by atoms with E-state index in [9.17, 15) is 25.0 Å². The molecule has 0 aromatic carbocycles. The van der Waals surface area contributed by atoms with Crippen molar-refractivity contribution in [1.29, 1.82) is 0 Å². The van der Waals surface area contributed by atoms with Crippen molar-refractivity contribution < 1.29 is 14.6 Å². The maximum absolute atomic E-state index is 11.7. The minimum absolute atomic E-state index is 0.187. The van der Waals surface area contributed by atoms with Crippen LogP contribution in [0.25, 0.3) is 0 Å². The van der Waals surface area contributed by atoms with Gasteiger partial charge in [0, 0.05) is 18.1 Å². The van der Waals surface area contributed by atoms with Crippen LogP contribution in [0.3, 0.4) is 0 Å². The summed E-state index contributed by atoms with van der Waals surface area (Å²) in [6.45, 7) is 0.795. The second kappa shape index (κ2) is 7.75. The topological polar surface area (TPSA) is 164 Å². The van der Waals surface area contributed by atoms with Crippen LogP contribution in [-0.4, -0.2) is 46.6 Å². The summed E-state index contributed by atoms with van der Waals surface area (Å²) in [5.74, 6) is -0.987. The van der Waals surface area contributed by atoms with E-state index in [1.165, 1.54) is 28.0 Å². The fourth-order valence-corrected chi connectivity index (χ4v) is 1.93. The molecule has 1 N–H and O–H groups in total. The zero-order valence-corrected chi connectivity index (χ0v) is 12.4. The maximum Gasteiger partial charge on any atom is 0.490 e. The van der Waals surface area contributed by atoms with Gasteiger partial charge in [0.2, 0.25) is 12.2 Å². The van der Waals surface area contributed by atoms with E-state index in [0.717, 1.165) is 0 Å². The number of carbonyl (C=O) groups is 1. The molecule has 24 heavy (non-hydrogen) atoms. The number of rotatable bonds is 9. The van der Waals surface area contributed by atoms with Gasteiger partial charge >= 0.3 is 11.9 Å². The summed E-state index contributed by atoms with van der Waals surface area (Å²) in [5, 5.41) is 27.4. The molecule has 0 bridgehead atoms. The monoisotopic (exact) mass is 338 g/mol. The van der Waals surface area contributed by atoms with Gasteiger partial charge in [-0.1, -0.05) is 9.97 Å². The predicted octanol–water partition coefficient (Wildman–Crippen LogP) is -0.112. The van der Waals surface area contributed by atoms with E-state index in [1.807, 2.05) is 0 Å². The summed E-state index contributed by atoms with van der Waals surface area (Å²) in [6, 6.07) is 0. The van der Waals surface area contributed by atoms with Crippen molar-refractivity contribution in [3.8, 4) is 0 Å². The molecule has 0 fully saturated rings. The van der Waals surface area contributed by atoms with Gasteiger partial charge in [-0.25, -0.2) is 4.57 Å². The van der Waals surface area contributed by atoms with E-state index in [0.29, 0.717) is 13.0 Å². The third-order valence-corrected chi connectivity index (χ3v) is 3.01. The number of nitrogens with zero attached hydrogens (tertiary/aromatic N) is 7. The van der Waals surface area contributed by atoms with Crippen LogP contribution < -0.4 is 5.32 Å². The summed E-state index contributed by atoms with van der Waals surface area (Å²) >= 11 is 0. The number of amides is 1. The molecular weight excluding hydrogens is 324 g/mol. The second-order valence-corrected chi connectivity index (χ2v) is 4.70. The molecule has 0 saturated carbocycles. The smallest absolute Gasteiger partial charge is 0.390 e. The first-order chi connectivity index (χ1) is 11.5. The number of imidazole rings is 1. The normalized spacial score (nSPS) is 10.5. The fraction of sp³-hybridized carbons (Fsp3) is 0.455. The van der Waals surface area contributed by atoms with Gasteiger partial charge in [-0.05, 0) is 16.3 Å². The summed E-state index contributed by atoms with van der Waals surface area (Å²) in [7, 11) is 0. The zero-order valence-electron chi connectivity index (χ0n) is 12.4. The Kier molecular flexibility index (Phi) is 5.49. The number of carbonyl (C=O) groups excluding carboxylic acids is 1. The number of aryl methyl sites for hydroxylation is 1. The molecule has 0 unspecified atom stereocenters. The van der Waals surface area contributed by atoms with Gasteiger partial charge in [0.1, 0.15) is 12.4 Å². The van der Waals surface area contributed by atoms with Crippen LogP contribution in [0, 0.1) is 20.2 Å². The van der Waals surface area contributed by atoms with E-state index >= 15 is 0 Å². The van der Waals surface area contributed by atoms with Gasteiger partial charge in [0.25, 0.3) is 0 Å². The lowest BCUT2D eigenvalue weighted by Crippen LogP contribution is -2.27. The van der Waals surface area contributed by atoms with Crippen molar-refractivity contribution in [1.82, 2.24) is 29.6 Å². The highest BCUT2D eigenvalue weighted by molar-refractivity contribution is 5.75. The van der Waals surface area contributed by atoms with Crippen LogP contribution in [-0.2, 0) is 17.9 Å². The minimum Gasteiger partial charge on any atom is -0.390 e. The third kappa shape index (κ3) is 4.56. The minimum atomic E-state index is -0.704. The quantitative estimate of drug-likeness (QED) is 0.488. The first-order valence-electron chi connectivity index (χ1n) is 6.93. The lowest BCUT2D eigenvalue weighted by molar-refractivity contribution is -0.396. The summed E-state index contributed by atoms with van der Waals surface area (Å²) in [4.78, 5) is 38.6. The molecule has 13 nitrogen and oxygen atoms in total. The zero-order chi connectivity index (χ0) is 17.5. The average Bonchev–Trinajstić information content (AvgIpc) is 3.16. The number of aromatic nitrogens is 5. The first kappa shape index (κ1) is 17.0. The number of hydrogen-bond acceptors (Lipinski definition) is 8. The summed E-state index contributed by atoms with van der Waals surface area (Å²) in [5.41, 5.74) is 0. The Morgan fingerprint density at radius 1 is 1.21 bits per heavy atom. The van der Waals surface area contributed by atoms with Crippen LogP contribution >= 0.6 is 0 Å². The van der Waals surface area contributed by atoms with Gasteiger partial charge in [-0.15, -0.1) is 0 Å².